The Morgan fingerprint density at radius 1 is 0.912 bits per heavy atom. The topological polar surface area (TPSA) is 66.5 Å². The van der Waals surface area contributed by atoms with Crippen LogP contribution in [0.15, 0.2) is 82.6 Å². The van der Waals surface area contributed by atoms with Crippen LogP contribution >= 0.6 is 11.8 Å². The van der Waals surface area contributed by atoms with Gasteiger partial charge in [0.2, 0.25) is 0 Å². The molecule has 1 amide bonds. The number of thioether (sulfide) groups is 1. The van der Waals surface area contributed by atoms with Gasteiger partial charge in [-0.25, -0.2) is 8.42 Å². The Morgan fingerprint density at radius 2 is 1.47 bits per heavy atom. The molecule has 0 aromatic heterocycles. The van der Waals surface area contributed by atoms with E-state index in [1.165, 1.54) is 16.9 Å². The average molecular weight is 497 g/mol. The lowest BCUT2D eigenvalue weighted by atomic mass is 9.86. The summed E-state index contributed by atoms with van der Waals surface area (Å²) in [5, 5.41) is 3.01. The van der Waals surface area contributed by atoms with Crippen molar-refractivity contribution in [2.45, 2.75) is 48.9 Å². The second-order valence-electron chi connectivity index (χ2n) is 9.26. The van der Waals surface area contributed by atoms with Gasteiger partial charge >= 0.3 is 0 Å². The molecule has 0 aliphatic carbocycles. The van der Waals surface area contributed by atoms with Gasteiger partial charge in [-0.15, -0.1) is 11.8 Å². The summed E-state index contributed by atoms with van der Waals surface area (Å²) in [7, 11) is -2.19. The van der Waals surface area contributed by atoms with Gasteiger partial charge in [-0.2, -0.15) is 0 Å². The van der Waals surface area contributed by atoms with Crippen molar-refractivity contribution in [2.24, 2.45) is 0 Å². The zero-order valence-corrected chi connectivity index (χ0v) is 22.1. The highest BCUT2D eigenvalue weighted by Crippen LogP contribution is 2.26. The number of hydrogen-bond donors (Lipinski definition) is 1. The molecule has 0 radical (unpaired) electrons. The number of nitrogens with zero attached hydrogens (tertiary/aromatic N) is 1. The van der Waals surface area contributed by atoms with E-state index >= 15 is 0 Å². The van der Waals surface area contributed by atoms with Gasteiger partial charge in [0.05, 0.1) is 16.6 Å². The summed E-state index contributed by atoms with van der Waals surface area (Å²) in [5.74, 6) is -0.211. The van der Waals surface area contributed by atoms with Crippen molar-refractivity contribution in [3.63, 3.8) is 0 Å². The zero-order chi connectivity index (χ0) is 25.1. The number of anilines is 1. The van der Waals surface area contributed by atoms with Crippen molar-refractivity contribution in [3.05, 3.63) is 89.5 Å². The van der Waals surface area contributed by atoms with E-state index in [4.69, 9.17) is 0 Å². The predicted molar refractivity (Wildman–Crippen MR) is 141 cm³/mol. The molecule has 0 bridgehead atoms. The molecule has 3 rings (SSSR count). The Morgan fingerprint density at radius 3 is 1.97 bits per heavy atom. The van der Waals surface area contributed by atoms with Gasteiger partial charge in [0.15, 0.2) is 0 Å². The zero-order valence-electron chi connectivity index (χ0n) is 20.5. The van der Waals surface area contributed by atoms with Crippen LogP contribution < -0.4 is 9.62 Å². The lowest BCUT2D eigenvalue weighted by Crippen LogP contribution is -2.28. The highest BCUT2D eigenvalue weighted by molar-refractivity contribution is 7.98. The molecule has 180 valence electrons. The smallest absolute Gasteiger partial charge is 0.264 e. The number of rotatable bonds is 7. The Labute approximate surface area is 207 Å². The fourth-order valence-electron chi connectivity index (χ4n) is 3.50. The molecule has 1 N–H and O–H groups in total. The third kappa shape index (κ3) is 5.83. The van der Waals surface area contributed by atoms with Gasteiger partial charge in [-0.3, -0.25) is 9.10 Å². The largest absolute Gasteiger partial charge is 0.346 e. The van der Waals surface area contributed by atoms with Crippen LogP contribution in [0.4, 0.5) is 5.69 Å². The molecule has 0 saturated carbocycles. The molecule has 0 aliphatic rings. The maximum absolute atomic E-state index is 13.0. The van der Waals surface area contributed by atoms with E-state index in [1.54, 1.807) is 60.3 Å². The maximum Gasteiger partial charge on any atom is 0.264 e. The molecule has 0 fully saturated rings. The molecule has 0 heterocycles. The lowest BCUT2D eigenvalue weighted by Gasteiger charge is -2.21. The molecule has 5 nitrogen and oxygen atoms in total. The number of hydrogen-bond acceptors (Lipinski definition) is 4. The van der Waals surface area contributed by atoms with E-state index in [9.17, 15) is 13.2 Å². The van der Waals surface area contributed by atoms with Crippen molar-refractivity contribution < 1.29 is 13.2 Å². The van der Waals surface area contributed by atoms with Gasteiger partial charge in [0, 0.05) is 17.5 Å². The normalized spacial score (nSPS) is 12.8. The van der Waals surface area contributed by atoms with Crippen LogP contribution in [-0.4, -0.2) is 27.6 Å². The molecule has 0 saturated heterocycles. The minimum atomic E-state index is -3.70. The summed E-state index contributed by atoms with van der Waals surface area (Å²) in [5.41, 5.74) is 3.29. The molecule has 3 aromatic carbocycles. The van der Waals surface area contributed by atoms with E-state index < -0.39 is 10.0 Å². The van der Waals surface area contributed by atoms with Crippen LogP contribution in [0.1, 0.15) is 55.2 Å². The lowest BCUT2D eigenvalue weighted by molar-refractivity contribution is 0.0940. The van der Waals surface area contributed by atoms with Crippen molar-refractivity contribution >= 4 is 33.4 Å². The van der Waals surface area contributed by atoms with Crippen LogP contribution in [0.3, 0.4) is 0 Å². The summed E-state index contributed by atoms with van der Waals surface area (Å²) >= 11 is 1.55. The van der Waals surface area contributed by atoms with Crippen molar-refractivity contribution in [2.75, 3.05) is 17.6 Å². The Hall–Kier alpha value is -2.77. The first-order valence-electron chi connectivity index (χ1n) is 11.1. The summed E-state index contributed by atoms with van der Waals surface area (Å²) in [6, 6.07) is 21.5. The predicted octanol–water partition coefficient (Wildman–Crippen LogP) is 6.02. The van der Waals surface area contributed by atoms with Crippen LogP contribution in [0.5, 0.6) is 0 Å². The fraction of sp³-hybridized carbons (Fsp3) is 0.296. The maximum atomic E-state index is 13.0. The molecular formula is C27H32N2O3S2. The number of carbonyl (C=O) groups excluding carboxylic acids is 1. The second kappa shape index (κ2) is 10.2. The summed E-state index contributed by atoms with van der Waals surface area (Å²) in [6.45, 7) is 8.45. The van der Waals surface area contributed by atoms with E-state index in [0.29, 0.717) is 11.3 Å². The molecule has 1 atom stereocenters. The summed E-state index contributed by atoms with van der Waals surface area (Å²) < 4.78 is 27.2. The Balaban J connectivity index is 1.69. The molecule has 0 unspecified atom stereocenters. The molecule has 7 heteroatoms. The van der Waals surface area contributed by atoms with Crippen LogP contribution in [0, 0.1) is 0 Å². The Kier molecular flexibility index (Phi) is 7.78. The molecule has 34 heavy (non-hydrogen) atoms. The van der Waals surface area contributed by atoms with Crippen molar-refractivity contribution in [1.82, 2.24) is 5.32 Å². The first kappa shape index (κ1) is 25.8. The van der Waals surface area contributed by atoms with Gasteiger partial charge in [0.25, 0.3) is 15.9 Å². The molecular weight excluding hydrogens is 464 g/mol. The van der Waals surface area contributed by atoms with Crippen molar-refractivity contribution in [3.8, 4) is 0 Å². The Bertz CT molecular complexity index is 1230. The SMILES string of the molecule is CSc1ccc(S(=O)(=O)N(C)c2ccc(C(=O)N[C@@H](C)c3ccc(C(C)(C)C)cc3)cc2)cc1. The first-order chi connectivity index (χ1) is 15.9. The van der Waals surface area contributed by atoms with Gasteiger partial charge < -0.3 is 5.32 Å². The van der Waals surface area contributed by atoms with Gasteiger partial charge in [-0.05, 0) is 78.3 Å². The molecule has 0 aliphatic heterocycles. The third-order valence-corrected chi connectivity index (χ3v) is 8.38. The van der Waals surface area contributed by atoms with E-state index in [1.807, 2.05) is 25.3 Å². The molecule has 3 aromatic rings. The van der Waals surface area contributed by atoms with E-state index in [0.717, 1.165) is 10.5 Å². The van der Waals surface area contributed by atoms with Crippen LogP contribution in [0.25, 0.3) is 0 Å². The highest BCUT2D eigenvalue weighted by Gasteiger charge is 2.22. The summed E-state index contributed by atoms with van der Waals surface area (Å²) in [6.07, 6.45) is 1.94. The quantitative estimate of drug-likeness (QED) is 0.406. The first-order valence-corrected chi connectivity index (χ1v) is 13.7. The number of benzene rings is 3. The minimum absolute atomic E-state index is 0.0748. The van der Waals surface area contributed by atoms with Gasteiger partial charge in [0.1, 0.15) is 0 Å². The third-order valence-electron chi connectivity index (χ3n) is 5.84. The second-order valence-corrected chi connectivity index (χ2v) is 12.1. The minimum Gasteiger partial charge on any atom is -0.346 e. The number of sulfonamides is 1. The standard InChI is InChI=1S/C27H32N2O3S2/c1-19(20-7-11-22(12-8-20)27(2,3)4)28-26(30)21-9-13-23(14-10-21)29(5)34(31,32)25-17-15-24(33-6)16-18-25/h7-19H,1-6H3,(H,28,30)/t19-/m0/s1. The van der Waals surface area contributed by atoms with E-state index in [-0.39, 0.29) is 22.3 Å². The van der Waals surface area contributed by atoms with E-state index in [2.05, 4.69) is 38.2 Å². The van der Waals surface area contributed by atoms with Crippen LogP contribution in [-0.2, 0) is 15.4 Å². The van der Waals surface area contributed by atoms with Crippen LogP contribution in [0.2, 0.25) is 0 Å². The average Bonchev–Trinajstić information content (AvgIpc) is 2.83. The monoisotopic (exact) mass is 496 g/mol. The van der Waals surface area contributed by atoms with Gasteiger partial charge in [-0.1, -0.05) is 45.0 Å². The molecule has 0 spiro atoms. The summed E-state index contributed by atoms with van der Waals surface area (Å²) in [4.78, 5) is 14.0. The number of amides is 1. The number of nitrogens with one attached hydrogen (secondary N) is 1. The number of carbonyl (C=O) groups is 1. The highest BCUT2D eigenvalue weighted by atomic mass is 32.2. The van der Waals surface area contributed by atoms with Crippen molar-refractivity contribution in [1.29, 1.82) is 0 Å². The fourth-order valence-corrected chi connectivity index (χ4v) is 5.11.